The average Bonchev–Trinajstić information content (AvgIpc) is 3.57. The predicted octanol–water partition coefficient (Wildman–Crippen LogP) is 7.03. The van der Waals surface area contributed by atoms with Crippen LogP contribution in [-0.4, -0.2) is 21.7 Å². The molecule has 0 spiro atoms. The SMILES string of the molecule is Cc1ccc(-c2cc(C(F)(F)F)nc3sc(C(N)=O)c(NC(=O)c4ccc(COc5ccc(C)cc5[N+](=O)[O-])o4)c23)cc1. The number of anilines is 1. The van der Waals surface area contributed by atoms with Crippen LogP contribution >= 0.6 is 11.3 Å². The Morgan fingerprint density at radius 3 is 2.42 bits per heavy atom. The molecule has 3 N–H and O–H groups in total. The van der Waals surface area contributed by atoms with Gasteiger partial charge in [-0.2, -0.15) is 13.2 Å². The number of furan rings is 1. The molecule has 220 valence electrons. The summed E-state index contributed by atoms with van der Waals surface area (Å²) in [7, 11) is 0. The molecule has 0 unspecified atom stereocenters. The number of ether oxygens (including phenoxy) is 1. The molecule has 2 amide bonds. The number of rotatable bonds is 8. The first-order chi connectivity index (χ1) is 20.3. The number of thiophene rings is 1. The van der Waals surface area contributed by atoms with Crippen LogP contribution in [0.1, 0.15) is 42.8 Å². The van der Waals surface area contributed by atoms with Crippen molar-refractivity contribution in [3.63, 3.8) is 0 Å². The van der Waals surface area contributed by atoms with Crippen molar-refractivity contribution in [3.8, 4) is 16.9 Å². The Balaban J connectivity index is 1.49. The minimum atomic E-state index is -4.78. The van der Waals surface area contributed by atoms with Crippen LogP contribution in [0.2, 0.25) is 0 Å². The maximum Gasteiger partial charge on any atom is 0.433 e. The normalized spacial score (nSPS) is 11.5. The van der Waals surface area contributed by atoms with E-state index in [0.717, 1.165) is 11.6 Å². The van der Waals surface area contributed by atoms with E-state index < -0.39 is 28.6 Å². The van der Waals surface area contributed by atoms with Crippen molar-refractivity contribution in [1.82, 2.24) is 4.98 Å². The molecule has 0 aliphatic heterocycles. The second-order valence-corrected chi connectivity index (χ2v) is 10.5. The summed E-state index contributed by atoms with van der Waals surface area (Å²) in [6, 6.07) is 14.7. The third kappa shape index (κ3) is 6.04. The number of carbonyl (C=O) groups excluding carboxylic acids is 2. The molecule has 0 aliphatic rings. The molecule has 3 heterocycles. The number of nitro groups is 1. The molecule has 0 fully saturated rings. The second-order valence-electron chi connectivity index (χ2n) is 9.51. The molecule has 14 heteroatoms. The lowest BCUT2D eigenvalue weighted by molar-refractivity contribution is -0.386. The van der Waals surface area contributed by atoms with Crippen molar-refractivity contribution in [2.75, 3.05) is 5.32 Å². The number of nitro benzene ring substituents is 1. The van der Waals surface area contributed by atoms with Gasteiger partial charge in [0.1, 0.15) is 27.8 Å². The summed E-state index contributed by atoms with van der Waals surface area (Å²) in [5.41, 5.74) is 6.06. The van der Waals surface area contributed by atoms with Crippen LogP contribution in [0.5, 0.6) is 5.75 Å². The fraction of sp³-hybridized carbons (Fsp3) is 0.138. The quantitative estimate of drug-likeness (QED) is 0.141. The summed E-state index contributed by atoms with van der Waals surface area (Å²) in [4.78, 5) is 39.7. The second kappa shape index (κ2) is 11.2. The van der Waals surface area contributed by atoms with Crippen molar-refractivity contribution in [2.45, 2.75) is 26.6 Å². The largest absolute Gasteiger partial charge is 0.479 e. The van der Waals surface area contributed by atoms with Crippen molar-refractivity contribution in [1.29, 1.82) is 0 Å². The number of halogens is 3. The predicted molar refractivity (Wildman–Crippen MR) is 152 cm³/mol. The van der Waals surface area contributed by atoms with Gasteiger partial charge in [0.15, 0.2) is 11.5 Å². The molecule has 2 aromatic carbocycles. The molecule has 10 nitrogen and oxygen atoms in total. The van der Waals surface area contributed by atoms with Crippen LogP contribution in [0.15, 0.2) is 65.1 Å². The Kier molecular flexibility index (Phi) is 7.63. The number of pyridine rings is 1. The summed E-state index contributed by atoms with van der Waals surface area (Å²) in [6.07, 6.45) is -4.78. The number of carbonyl (C=O) groups is 2. The number of hydrogen-bond acceptors (Lipinski definition) is 8. The molecule has 0 aliphatic carbocycles. The fourth-order valence-electron chi connectivity index (χ4n) is 4.29. The van der Waals surface area contributed by atoms with Crippen LogP contribution in [0, 0.1) is 24.0 Å². The summed E-state index contributed by atoms with van der Waals surface area (Å²) in [5.74, 6) is -1.87. The number of benzene rings is 2. The number of aromatic nitrogens is 1. The summed E-state index contributed by atoms with van der Waals surface area (Å²) >= 11 is 0.621. The van der Waals surface area contributed by atoms with Gasteiger partial charge in [-0.3, -0.25) is 19.7 Å². The highest BCUT2D eigenvalue weighted by molar-refractivity contribution is 7.21. The Labute approximate surface area is 245 Å². The topological polar surface area (TPSA) is 151 Å². The maximum atomic E-state index is 13.8. The fourth-order valence-corrected chi connectivity index (χ4v) is 5.30. The maximum absolute atomic E-state index is 13.8. The van der Waals surface area contributed by atoms with E-state index in [1.807, 2.05) is 6.92 Å². The summed E-state index contributed by atoms with van der Waals surface area (Å²) < 4.78 is 52.3. The third-order valence-corrected chi connectivity index (χ3v) is 7.44. The van der Waals surface area contributed by atoms with Gasteiger partial charge < -0.3 is 20.2 Å². The molecule has 5 rings (SSSR count). The molecule has 0 bridgehead atoms. The van der Waals surface area contributed by atoms with E-state index in [0.29, 0.717) is 22.5 Å². The van der Waals surface area contributed by atoms with E-state index >= 15 is 0 Å². The number of nitrogens with zero attached hydrogens (tertiary/aromatic N) is 2. The van der Waals surface area contributed by atoms with Gasteiger partial charge in [0.25, 0.3) is 11.8 Å². The number of fused-ring (bicyclic) bond motifs is 1. The van der Waals surface area contributed by atoms with Gasteiger partial charge in [-0.15, -0.1) is 11.3 Å². The zero-order valence-electron chi connectivity index (χ0n) is 22.4. The van der Waals surface area contributed by atoms with Gasteiger partial charge in [-0.1, -0.05) is 35.9 Å². The van der Waals surface area contributed by atoms with E-state index in [-0.39, 0.29) is 55.9 Å². The van der Waals surface area contributed by atoms with Gasteiger partial charge in [0, 0.05) is 11.5 Å². The van der Waals surface area contributed by atoms with Crippen LogP contribution in [0.25, 0.3) is 21.3 Å². The molecule has 0 atom stereocenters. The first-order valence-electron chi connectivity index (χ1n) is 12.5. The smallest absolute Gasteiger partial charge is 0.433 e. The Morgan fingerprint density at radius 1 is 1.07 bits per heavy atom. The first kappa shape index (κ1) is 29.3. The van der Waals surface area contributed by atoms with E-state index in [1.165, 1.54) is 24.3 Å². The standard InChI is InChI=1S/C29H21F3N4O6S/c1-14-3-6-16(7-4-14)18-12-22(29(30,31)32)34-28-23(18)24(25(43-28)26(33)37)35-27(38)21-10-8-17(42-21)13-41-20-9-5-15(2)11-19(20)36(39)40/h3-12H,13H2,1-2H3,(H2,33,37)(H,35,38). The Bertz CT molecular complexity index is 1900. The Morgan fingerprint density at radius 2 is 1.77 bits per heavy atom. The first-order valence-corrected chi connectivity index (χ1v) is 13.3. The average molecular weight is 611 g/mol. The summed E-state index contributed by atoms with van der Waals surface area (Å²) in [6.45, 7) is 3.27. The zero-order chi connectivity index (χ0) is 31.1. The number of hydrogen-bond donors (Lipinski definition) is 2. The highest BCUT2D eigenvalue weighted by Crippen LogP contribution is 2.44. The van der Waals surface area contributed by atoms with E-state index in [1.54, 1.807) is 37.3 Å². The number of aryl methyl sites for hydroxylation is 2. The van der Waals surface area contributed by atoms with E-state index in [4.69, 9.17) is 14.9 Å². The van der Waals surface area contributed by atoms with Crippen LogP contribution in [0.3, 0.4) is 0 Å². The number of nitrogens with two attached hydrogens (primary N) is 1. The molecule has 0 saturated heterocycles. The zero-order valence-corrected chi connectivity index (χ0v) is 23.3. The van der Waals surface area contributed by atoms with Gasteiger partial charge in [0.2, 0.25) is 0 Å². The lowest BCUT2D eigenvalue weighted by Gasteiger charge is -2.12. The number of alkyl halides is 3. The molecule has 3 aromatic heterocycles. The van der Waals surface area contributed by atoms with Crippen molar-refractivity contribution >= 4 is 44.7 Å². The van der Waals surface area contributed by atoms with E-state index in [2.05, 4.69) is 10.3 Å². The number of nitrogens with one attached hydrogen (secondary N) is 1. The highest BCUT2D eigenvalue weighted by atomic mass is 32.1. The molecule has 0 saturated carbocycles. The van der Waals surface area contributed by atoms with Crippen molar-refractivity contribution in [2.24, 2.45) is 5.73 Å². The third-order valence-electron chi connectivity index (χ3n) is 6.34. The molecular formula is C29H21F3N4O6S. The van der Waals surface area contributed by atoms with Gasteiger partial charge in [-0.05, 0) is 54.8 Å². The van der Waals surface area contributed by atoms with Crippen molar-refractivity contribution < 1.29 is 36.8 Å². The lowest BCUT2D eigenvalue weighted by Crippen LogP contribution is -2.16. The molecule has 0 radical (unpaired) electrons. The van der Waals surface area contributed by atoms with Crippen LogP contribution in [0.4, 0.5) is 24.5 Å². The lowest BCUT2D eigenvalue weighted by atomic mass is 10.00. The highest BCUT2D eigenvalue weighted by Gasteiger charge is 2.35. The summed E-state index contributed by atoms with van der Waals surface area (Å²) in [5, 5.41) is 14.0. The number of primary amides is 1. The van der Waals surface area contributed by atoms with Gasteiger partial charge in [-0.25, -0.2) is 4.98 Å². The van der Waals surface area contributed by atoms with E-state index in [9.17, 15) is 32.9 Å². The minimum Gasteiger partial charge on any atom is -0.479 e. The molecular weight excluding hydrogens is 589 g/mol. The van der Waals surface area contributed by atoms with Crippen molar-refractivity contribution in [3.05, 3.63) is 104 Å². The minimum absolute atomic E-state index is 0.00297. The Hall–Kier alpha value is -5.24. The monoisotopic (exact) mass is 610 g/mol. The van der Waals surface area contributed by atoms with Gasteiger partial charge >= 0.3 is 11.9 Å². The number of amides is 2. The van der Waals surface area contributed by atoms with Gasteiger partial charge in [0.05, 0.1) is 10.6 Å². The molecule has 43 heavy (non-hydrogen) atoms. The van der Waals surface area contributed by atoms with Crippen LogP contribution in [-0.2, 0) is 12.8 Å². The molecule has 5 aromatic rings. The van der Waals surface area contributed by atoms with Crippen LogP contribution < -0.4 is 15.8 Å².